The van der Waals surface area contributed by atoms with Gasteiger partial charge in [0.2, 0.25) is 0 Å². The predicted octanol–water partition coefficient (Wildman–Crippen LogP) is 2.00. The van der Waals surface area contributed by atoms with Crippen LogP contribution in [0.15, 0.2) is 24.3 Å². The van der Waals surface area contributed by atoms with E-state index in [0.29, 0.717) is 19.4 Å². The molecule has 0 saturated carbocycles. The number of carboxylic acid groups (broad SMARTS) is 1. The lowest BCUT2D eigenvalue weighted by Gasteiger charge is -2.13. The first-order valence-electron chi connectivity index (χ1n) is 7.30. The molecule has 1 aliphatic heterocycles. The number of benzene rings is 1. The number of amides is 1. The summed E-state index contributed by atoms with van der Waals surface area (Å²) in [5.41, 5.74) is 1.06. The van der Waals surface area contributed by atoms with Crippen molar-refractivity contribution in [3.05, 3.63) is 29.8 Å². The van der Waals surface area contributed by atoms with E-state index < -0.39 is 12.1 Å². The van der Waals surface area contributed by atoms with E-state index >= 15 is 0 Å². The molecule has 0 saturated heterocycles. The van der Waals surface area contributed by atoms with E-state index in [-0.39, 0.29) is 18.2 Å². The summed E-state index contributed by atoms with van der Waals surface area (Å²) in [4.78, 5) is 22.5. The summed E-state index contributed by atoms with van der Waals surface area (Å²) in [7, 11) is 0. The third-order valence-corrected chi connectivity index (χ3v) is 3.73. The maximum absolute atomic E-state index is 12.0. The standard InChI is InChI=1S/C16H21NO4/c1-11(6-7-15(18)19)8-9-17-16(20)14-10-12-4-2-3-5-13(12)21-14/h2-5,11,14H,6-10H2,1H3,(H,17,20)(H,18,19). The molecule has 2 N–H and O–H groups in total. The van der Waals surface area contributed by atoms with Crippen LogP contribution in [-0.2, 0) is 16.0 Å². The molecule has 114 valence electrons. The van der Waals surface area contributed by atoms with Crippen molar-refractivity contribution < 1.29 is 19.4 Å². The molecular formula is C16H21NO4. The fourth-order valence-corrected chi connectivity index (χ4v) is 2.40. The molecular weight excluding hydrogens is 270 g/mol. The normalized spacial score (nSPS) is 17.7. The van der Waals surface area contributed by atoms with Crippen molar-refractivity contribution in [2.45, 2.75) is 38.7 Å². The molecule has 2 unspecified atom stereocenters. The molecule has 0 radical (unpaired) electrons. The van der Waals surface area contributed by atoms with Crippen LogP contribution in [0.2, 0.25) is 0 Å². The van der Waals surface area contributed by atoms with Gasteiger partial charge in [0.1, 0.15) is 5.75 Å². The number of rotatable bonds is 7. The van der Waals surface area contributed by atoms with Gasteiger partial charge >= 0.3 is 5.97 Å². The van der Waals surface area contributed by atoms with Crippen LogP contribution in [-0.4, -0.2) is 29.6 Å². The Hall–Kier alpha value is -2.04. The number of nitrogens with one attached hydrogen (secondary N) is 1. The number of aliphatic carboxylic acids is 1. The Balaban J connectivity index is 1.68. The number of para-hydroxylation sites is 1. The first kappa shape index (κ1) is 15.4. The van der Waals surface area contributed by atoms with Gasteiger partial charge < -0.3 is 15.2 Å². The number of fused-ring (bicyclic) bond motifs is 1. The van der Waals surface area contributed by atoms with Crippen molar-refractivity contribution in [2.24, 2.45) is 5.92 Å². The Morgan fingerprint density at radius 1 is 1.38 bits per heavy atom. The lowest BCUT2D eigenvalue weighted by molar-refractivity contribution is -0.137. The number of ether oxygens (including phenoxy) is 1. The lowest BCUT2D eigenvalue weighted by Crippen LogP contribution is -2.38. The second-order valence-electron chi connectivity index (χ2n) is 5.54. The molecule has 1 amide bonds. The molecule has 5 heteroatoms. The first-order valence-corrected chi connectivity index (χ1v) is 7.30. The van der Waals surface area contributed by atoms with Crippen LogP contribution in [0.1, 0.15) is 31.7 Å². The second kappa shape index (κ2) is 7.11. The third kappa shape index (κ3) is 4.48. The highest BCUT2D eigenvalue weighted by atomic mass is 16.5. The average molecular weight is 291 g/mol. The Bertz CT molecular complexity index is 490. The van der Waals surface area contributed by atoms with Crippen LogP contribution < -0.4 is 10.1 Å². The summed E-state index contributed by atoms with van der Waals surface area (Å²) >= 11 is 0. The molecule has 0 fully saturated rings. The average Bonchev–Trinajstić information content (AvgIpc) is 2.89. The molecule has 2 atom stereocenters. The maximum Gasteiger partial charge on any atom is 0.303 e. The van der Waals surface area contributed by atoms with E-state index in [2.05, 4.69) is 5.32 Å². The van der Waals surface area contributed by atoms with E-state index in [1.807, 2.05) is 31.2 Å². The molecule has 0 aliphatic carbocycles. The topological polar surface area (TPSA) is 75.6 Å². The molecule has 1 heterocycles. The zero-order valence-electron chi connectivity index (χ0n) is 12.2. The quantitative estimate of drug-likeness (QED) is 0.805. The Morgan fingerprint density at radius 3 is 2.86 bits per heavy atom. The Labute approximate surface area is 124 Å². The lowest BCUT2D eigenvalue weighted by atomic mass is 10.0. The smallest absolute Gasteiger partial charge is 0.303 e. The van der Waals surface area contributed by atoms with E-state index in [1.54, 1.807) is 0 Å². The summed E-state index contributed by atoms with van der Waals surface area (Å²) in [6.07, 6.45) is 1.75. The van der Waals surface area contributed by atoms with Gasteiger partial charge in [-0.3, -0.25) is 9.59 Å². The first-order chi connectivity index (χ1) is 10.1. The maximum atomic E-state index is 12.0. The fourth-order valence-electron chi connectivity index (χ4n) is 2.40. The number of carbonyl (C=O) groups is 2. The second-order valence-corrected chi connectivity index (χ2v) is 5.54. The van der Waals surface area contributed by atoms with Gasteiger partial charge in [-0.2, -0.15) is 0 Å². The van der Waals surface area contributed by atoms with Crippen LogP contribution in [0, 0.1) is 5.92 Å². The number of carboxylic acids is 1. The minimum absolute atomic E-state index is 0.100. The highest BCUT2D eigenvalue weighted by molar-refractivity contribution is 5.82. The van der Waals surface area contributed by atoms with Crippen molar-refractivity contribution in [1.82, 2.24) is 5.32 Å². The zero-order valence-corrected chi connectivity index (χ0v) is 12.2. The van der Waals surface area contributed by atoms with Crippen LogP contribution in [0.5, 0.6) is 5.75 Å². The molecule has 0 spiro atoms. The van der Waals surface area contributed by atoms with Gasteiger partial charge in [0.15, 0.2) is 6.10 Å². The molecule has 5 nitrogen and oxygen atoms in total. The van der Waals surface area contributed by atoms with Gasteiger partial charge in [0.05, 0.1) is 0 Å². The van der Waals surface area contributed by atoms with Crippen molar-refractivity contribution in [3.8, 4) is 5.75 Å². The summed E-state index contributed by atoms with van der Waals surface area (Å²) in [6, 6.07) is 7.67. The van der Waals surface area contributed by atoms with E-state index in [1.165, 1.54) is 0 Å². The molecule has 0 bridgehead atoms. The summed E-state index contributed by atoms with van der Waals surface area (Å²) in [5, 5.41) is 11.5. The third-order valence-electron chi connectivity index (χ3n) is 3.73. The number of hydrogen-bond acceptors (Lipinski definition) is 3. The van der Waals surface area contributed by atoms with Gasteiger partial charge in [-0.05, 0) is 30.4 Å². The number of hydrogen-bond donors (Lipinski definition) is 2. The van der Waals surface area contributed by atoms with Crippen LogP contribution in [0.3, 0.4) is 0 Å². The van der Waals surface area contributed by atoms with E-state index in [4.69, 9.17) is 9.84 Å². The van der Waals surface area contributed by atoms with Crippen LogP contribution in [0.25, 0.3) is 0 Å². The highest BCUT2D eigenvalue weighted by Gasteiger charge is 2.28. The largest absolute Gasteiger partial charge is 0.481 e. The molecule has 0 aromatic heterocycles. The van der Waals surface area contributed by atoms with Gasteiger partial charge in [-0.1, -0.05) is 25.1 Å². The highest BCUT2D eigenvalue weighted by Crippen LogP contribution is 2.28. The monoisotopic (exact) mass is 291 g/mol. The summed E-state index contributed by atoms with van der Waals surface area (Å²) < 4.78 is 5.62. The molecule has 1 aromatic carbocycles. The Morgan fingerprint density at radius 2 is 2.14 bits per heavy atom. The number of carbonyl (C=O) groups excluding carboxylic acids is 1. The van der Waals surface area contributed by atoms with Gasteiger partial charge in [-0.25, -0.2) is 0 Å². The minimum atomic E-state index is -0.775. The molecule has 21 heavy (non-hydrogen) atoms. The van der Waals surface area contributed by atoms with E-state index in [0.717, 1.165) is 17.7 Å². The summed E-state index contributed by atoms with van der Waals surface area (Å²) in [5.74, 6) is 0.190. The van der Waals surface area contributed by atoms with Crippen molar-refractivity contribution in [3.63, 3.8) is 0 Å². The summed E-state index contributed by atoms with van der Waals surface area (Å²) in [6.45, 7) is 2.55. The fraction of sp³-hybridized carbons (Fsp3) is 0.500. The van der Waals surface area contributed by atoms with E-state index in [9.17, 15) is 9.59 Å². The minimum Gasteiger partial charge on any atom is -0.481 e. The SMILES string of the molecule is CC(CCNC(=O)C1Cc2ccccc2O1)CCC(=O)O. The van der Waals surface area contributed by atoms with Crippen LogP contribution >= 0.6 is 0 Å². The zero-order chi connectivity index (χ0) is 15.2. The van der Waals surface area contributed by atoms with Crippen LogP contribution in [0.4, 0.5) is 0 Å². The van der Waals surface area contributed by atoms with Gasteiger partial charge in [0.25, 0.3) is 5.91 Å². The molecule has 1 aliphatic rings. The van der Waals surface area contributed by atoms with Gasteiger partial charge in [-0.15, -0.1) is 0 Å². The van der Waals surface area contributed by atoms with Crippen molar-refractivity contribution in [2.75, 3.05) is 6.54 Å². The van der Waals surface area contributed by atoms with Crippen molar-refractivity contribution >= 4 is 11.9 Å². The van der Waals surface area contributed by atoms with Gasteiger partial charge in [0, 0.05) is 19.4 Å². The van der Waals surface area contributed by atoms with Crippen molar-refractivity contribution in [1.29, 1.82) is 0 Å². The molecule has 1 aromatic rings. The predicted molar refractivity (Wildman–Crippen MR) is 78.2 cm³/mol. The Kier molecular flexibility index (Phi) is 5.20. The molecule has 2 rings (SSSR count).